The van der Waals surface area contributed by atoms with E-state index in [1.54, 1.807) is 30.3 Å². The highest BCUT2D eigenvalue weighted by molar-refractivity contribution is 7.92. The van der Waals surface area contributed by atoms with Crippen molar-refractivity contribution in [3.8, 4) is 11.5 Å². The van der Waals surface area contributed by atoms with Crippen molar-refractivity contribution in [3.63, 3.8) is 0 Å². The molecule has 0 spiro atoms. The normalized spacial score (nSPS) is 13.1. The maximum atomic E-state index is 12.4. The lowest BCUT2D eigenvalue weighted by Crippen LogP contribution is -2.12. The van der Waals surface area contributed by atoms with E-state index in [0.29, 0.717) is 17.2 Å². The predicted molar refractivity (Wildman–Crippen MR) is 83.8 cm³/mol. The minimum atomic E-state index is -3.61. The van der Waals surface area contributed by atoms with Crippen LogP contribution in [0.3, 0.4) is 0 Å². The van der Waals surface area contributed by atoms with Crippen molar-refractivity contribution >= 4 is 15.7 Å². The fourth-order valence-electron chi connectivity index (χ4n) is 2.30. The molecule has 2 aromatic carbocycles. The van der Waals surface area contributed by atoms with Gasteiger partial charge < -0.3 is 9.47 Å². The van der Waals surface area contributed by atoms with E-state index in [2.05, 4.69) is 11.6 Å². The number of hydrogen-bond acceptors (Lipinski definition) is 4. The van der Waals surface area contributed by atoms with Gasteiger partial charge in [0.05, 0.1) is 10.6 Å². The first kappa shape index (κ1) is 14.7. The lowest BCUT2D eigenvalue weighted by Gasteiger charge is -2.09. The number of ether oxygens (including phenoxy) is 2. The van der Waals surface area contributed by atoms with Gasteiger partial charge in [0.25, 0.3) is 10.0 Å². The van der Waals surface area contributed by atoms with Crippen molar-refractivity contribution in [2.45, 2.75) is 24.7 Å². The summed E-state index contributed by atoms with van der Waals surface area (Å²) in [5.41, 5.74) is 1.58. The Hall–Kier alpha value is -2.21. The van der Waals surface area contributed by atoms with Crippen LogP contribution in [0.1, 0.15) is 18.9 Å². The molecule has 0 radical (unpaired) electrons. The first-order valence-electron chi connectivity index (χ1n) is 7.10. The zero-order valence-electron chi connectivity index (χ0n) is 12.2. The van der Waals surface area contributed by atoms with Crippen LogP contribution in [-0.4, -0.2) is 15.2 Å². The van der Waals surface area contributed by atoms with Gasteiger partial charge >= 0.3 is 0 Å². The highest BCUT2D eigenvalue weighted by atomic mass is 32.2. The lowest BCUT2D eigenvalue weighted by atomic mass is 10.1. The number of fused-ring (bicyclic) bond motifs is 1. The number of rotatable bonds is 5. The second-order valence-electron chi connectivity index (χ2n) is 5.07. The van der Waals surface area contributed by atoms with E-state index in [4.69, 9.17) is 9.47 Å². The molecule has 0 aromatic heterocycles. The van der Waals surface area contributed by atoms with Gasteiger partial charge in [0.15, 0.2) is 11.5 Å². The van der Waals surface area contributed by atoms with Crippen molar-refractivity contribution in [2.75, 3.05) is 11.5 Å². The zero-order chi connectivity index (χ0) is 15.6. The molecule has 0 unspecified atom stereocenters. The van der Waals surface area contributed by atoms with Crippen molar-refractivity contribution < 1.29 is 17.9 Å². The summed E-state index contributed by atoms with van der Waals surface area (Å²) < 4.78 is 37.8. The molecule has 0 bridgehead atoms. The Bertz CT molecular complexity index is 769. The Morgan fingerprint density at radius 3 is 2.50 bits per heavy atom. The van der Waals surface area contributed by atoms with E-state index in [9.17, 15) is 8.42 Å². The second-order valence-corrected chi connectivity index (χ2v) is 6.75. The third kappa shape index (κ3) is 3.01. The van der Waals surface area contributed by atoms with E-state index in [1.807, 2.05) is 12.1 Å². The van der Waals surface area contributed by atoms with Gasteiger partial charge in [-0.2, -0.15) is 0 Å². The number of nitrogens with one attached hydrogen (secondary N) is 1. The van der Waals surface area contributed by atoms with Crippen LogP contribution < -0.4 is 14.2 Å². The SMILES string of the molecule is CCCc1ccc(S(=O)(=O)Nc2ccc3c(c2)OCO3)cc1. The van der Waals surface area contributed by atoms with Gasteiger partial charge in [-0.05, 0) is 36.2 Å². The quantitative estimate of drug-likeness (QED) is 0.919. The molecule has 0 atom stereocenters. The average molecular weight is 319 g/mol. The van der Waals surface area contributed by atoms with Crippen molar-refractivity contribution in [3.05, 3.63) is 48.0 Å². The number of aryl methyl sites for hydroxylation is 1. The first-order valence-corrected chi connectivity index (χ1v) is 8.58. The summed E-state index contributed by atoms with van der Waals surface area (Å²) in [6, 6.07) is 11.9. The molecule has 0 fully saturated rings. The smallest absolute Gasteiger partial charge is 0.261 e. The molecule has 2 aromatic rings. The Balaban J connectivity index is 1.81. The standard InChI is InChI=1S/C16H17NO4S/c1-2-3-12-4-7-14(8-5-12)22(18,19)17-13-6-9-15-16(10-13)21-11-20-15/h4-10,17H,2-3,11H2,1H3. The van der Waals surface area contributed by atoms with Gasteiger partial charge in [-0.15, -0.1) is 0 Å². The summed E-state index contributed by atoms with van der Waals surface area (Å²) in [5, 5.41) is 0. The second kappa shape index (κ2) is 5.88. The van der Waals surface area contributed by atoms with Gasteiger partial charge in [-0.1, -0.05) is 25.5 Å². The van der Waals surface area contributed by atoms with Crippen molar-refractivity contribution in [2.24, 2.45) is 0 Å². The largest absolute Gasteiger partial charge is 0.454 e. The Morgan fingerprint density at radius 2 is 1.77 bits per heavy atom. The van der Waals surface area contributed by atoms with Gasteiger partial charge in [-0.3, -0.25) is 4.72 Å². The molecule has 6 heteroatoms. The molecule has 0 aliphatic carbocycles. The molecule has 5 nitrogen and oxygen atoms in total. The molecule has 0 amide bonds. The van der Waals surface area contributed by atoms with Gasteiger partial charge in [-0.25, -0.2) is 8.42 Å². The summed E-state index contributed by atoms with van der Waals surface area (Å²) in [4.78, 5) is 0.241. The molecule has 1 aliphatic rings. The van der Waals surface area contributed by atoms with Crippen LogP contribution >= 0.6 is 0 Å². The molecule has 0 saturated heterocycles. The van der Waals surface area contributed by atoms with Gasteiger partial charge in [0, 0.05) is 6.07 Å². The van der Waals surface area contributed by atoms with E-state index in [0.717, 1.165) is 18.4 Å². The molecule has 1 aliphatic heterocycles. The fourth-order valence-corrected chi connectivity index (χ4v) is 3.35. The van der Waals surface area contributed by atoms with Crippen LogP contribution in [0.4, 0.5) is 5.69 Å². The summed E-state index contributed by atoms with van der Waals surface area (Å²) in [7, 11) is -3.61. The zero-order valence-corrected chi connectivity index (χ0v) is 13.0. The third-order valence-electron chi connectivity index (χ3n) is 3.40. The number of benzene rings is 2. The molecule has 0 saturated carbocycles. The Kier molecular flexibility index (Phi) is 3.94. The lowest BCUT2D eigenvalue weighted by molar-refractivity contribution is 0.174. The molecule has 1 heterocycles. The van der Waals surface area contributed by atoms with Crippen LogP contribution in [0.15, 0.2) is 47.4 Å². The average Bonchev–Trinajstić information content (AvgIpc) is 2.95. The Morgan fingerprint density at radius 1 is 1.05 bits per heavy atom. The minimum Gasteiger partial charge on any atom is -0.454 e. The van der Waals surface area contributed by atoms with Crippen LogP contribution in [-0.2, 0) is 16.4 Å². The van der Waals surface area contributed by atoms with E-state index in [1.165, 1.54) is 0 Å². The topological polar surface area (TPSA) is 64.6 Å². The maximum Gasteiger partial charge on any atom is 0.261 e. The van der Waals surface area contributed by atoms with Crippen LogP contribution in [0, 0.1) is 0 Å². The molecule has 22 heavy (non-hydrogen) atoms. The highest BCUT2D eigenvalue weighted by Gasteiger charge is 2.17. The molecular formula is C16H17NO4S. The summed E-state index contributed by atoms with van der Waals surface area (Å²) >= 11 is 0. The predicted octanol–water partition coefficient (Wildman–Crippen LogP) is 3.17. The number of sulfonamides is 1. The van der Waals surface area contributed by atoms with Crippen molar-refractivity contribution in [1.82, 2.24) is 0 Å². The van der Waals surface area contributed by atoms with E-state index in [-0.39, 0.29) is 11.7 Å². The van der Waals surface area contributed by atoms with Gasteiger partial charge in [0.1, 0.15) is 0 Å². The molecule has 3 rings (SSSR count). The van der Waals surface area contributed by atoms with Crippen LogP contribution in [0.25, 0.3) is 0 Å². The molecule has 116 valence electrons. The van der Waals surface area contributed by atoms with Crippen molar-refractivity contribution in [1.29, 1.82) is 0 Å². The van der Waals surface area contributed by atoms with E-state index >= 15 is 0 Å². The summed E-state index contributed by atoms with van der Waals surface area (Å²) in [5.74, 6) is 1.16. The molecular weight excluding hydrogens is 302 g/mol. The van der Waals surface area contributed by atoms with E-state index < -0.39 is 10.0 Å². The molecule has 1 N–H and O–H groups in total. The first-order chi connectivity index (χ1) is 10.6. The summed E-state index contributed by atoms with van der Waals surface area (Å²) in [6.45, 7) is 2.25. The highest BCUT2D eigenvalue weighted by Crippen LogP contribution is 2.34. The summed E-state index contributed by atoms with van der Waals surface area (Å²) in [6.07, 6.45) is 1.97. The number of anilines is 1. The minimum absolute atomic E-state index is 0.157. The Labute approximate surface area is 129 Å². The fraction of sp³-hybridized carbons (Fsp3) is 0.250. The van der Waals surface area contributed by atoms with Crippen LogP contribution in [0.2, 0.25) is 0 Å². The monoisotopic (exact) mass is 319 g/mol. The van der Waals surface area contributed by atoms with Crippen LogP contribution in [0.5, 0.6) is 11.5 Å². The number of hydrogen-bond donors (Lipinski definition) is 1. The third-order valence-corrected chi connectivity index (χ3v) is 4.79. The van der Waals surface area contributed by atoms with Gasteiger partial charge in [0.2, 0.25) is 6.79 Å². The maximum absolute atomic E-state index is 12.4.